The number of ether oxygens (including phenoxy) is 1. The second kappa shape index (κ2) is 5.16. The van der Waals surface area contributed by atoms with Gasteiger partial charge in [-0.25, -0.2) is 9.59 Å². The summed E-state index contributed by atoms with van der Waals surface area (Å²) < 4.78 is 4.93. The third kappa shape index (κ3) is 6.23. The van der Waals surface area contributed by atoms with Crippen LogP contribution in [0.4, 0.5) is 4.79 Å². The van der Waals surface area contributed by atoms with Crippen LogP contribution in [0.2, 0.25) is 0 Å². The molecular formula is C10H19NO5. The van der Waals surface area contributed by atoms with Crippen molar-refractivity contribution >= 4 is 12.1 Å². The van der Waals surface area contributed by atoms with E-state index in [2.05, 4.69) is 5.32 Å². The standard InChI is InChI=1S/C10H19NO5/c1-9(2,3)16-8(14)11-6-5-10(4,15)7(12)13/h15H,5-6H2,1-4H3,(H,11,14)(H,12,13). The van der Waals surface area contributed by atoms with Crippen molar-refractivity contribution in [2.45, 2.75) is 45.3 Å². The molecule has 1 unspecified atom stereocenters. The molecule has 6 nitrogen and oxygen atoms in total. The molecule has 1 atom stereocenters. The van der Waals surface area contributed by atoms with Crippen LogP contribution in [0.25, 0.3) is 0 Å². The van der Waals surface area contributed by atoms with Gasteiger partial charge in [0.05, 0.1) is 0 Å². The molecule has 0 fully saturated rings. The number of amides is 1. The highest BCUT2D eigenvalue weighted by Crippen LogP contribution is 2.09. The first-order chi connectivity index (χ1) is 7.04. The highest BCUT2D eigenvalue weighted by Gasteiger charge is 2.29. The van der Waals surface area contributed by atoms with Gasteiger partial charge in [-0.3, -0.25) is 0 Å². The molecule has 0 radical (unpaired) electrons. The lowest BCUT2D eigenvalue weighted by atomic mass is 10.0. The van der Waals surface area contributed by atoms with Gasteiger partial charge in [-0.1, -0.05) is 0 Å². The number of carbonyl (C=O) groups excluding carboxylic acids is 1. The van der Waals surface area contributed by atoms with Crippen LogP contribution in [0.3, 0.4) is 0 Å². The van der Waals surface area contributed by atoms with Crippen LogP contribution < -0.4 is 5.32 Å². The van der Waals surface area contributed by atoms with Crippen LogP contribution in [0, 0.1) is 0 Å². The zero-order chi connectivity index (χ0) is 13.0. The van der Waals surface area contributed by atoms with Gasteiger partial charge in [0, 0.05) is 13.0 Å². The fourth-order valence-electron chi connectivity index (χ4n) is 0.829. The third-order valence-electron chi connectivity index (χ3n) is 1.74. The molecule has 0 rings (SSSR count). The van der Waals surface area contributed by atoms with Crippen LogP contribution in [0.1, 0.15) is 34.1 Å². The van der Waals surface area contributed by atoms with Gasteiger partial charge in [-0.15, -0.1) is 0 Å². The maximum absolute atomic E-state index is 11.2. The Bertz CT molecular complexity index is 267. The fraction of sp³-hybridized carbons (Fsp3) is 0.800. The molecule has 3 N–H and O–H groups in total. The summed E-state index contributed by atoms with van der Waals surface area (Å²) in [6.07, 6.45) is -0.713. The summed E-state index contributed by atoms with van der Waals surface area (Å²) in [7, 11) is 0. The molecule has 0 saturated carbocycles. The van der Waals surface area contributed by atoms with Crippen molar-refractivity contribution in [3.63, 3.8) is 0 Å². The third-order valence-corrected chi connectivity index (χ3v) is 1.74. The SMILES string of the molecule is CC(C)(C)OC(=O)NCCC(C)(O)C(=O)O. The van der Waals surface area contributed by atoms with E-state index in [1.807, 2.05) is 0 Å². The molecule has 0 aliphatic rings. The van der Waals surface area contributed by atoms with Gasteiger partial charge in [0.15, 0.2) is 5.60 Å². The first-order valence-corrected chi connectivity index (χ1v) is 4.97. The molecule has 0 spiro atoms. The minimum absolute atomic E-state index is 0.0359. The Morgan fingerprint density at radius 3 is 2.12 bits per heavy atom. The largest absolute Gasteiger partial charge is 0.479 e. The van der Waals surface area contributed by atoms with E-state index in [1.165, 1.54) is 6.92 Å². The van der Waals surface area contributed by atoms with Crippen molar-refractivity contribution in [2.24, 2.45) is 0 Å². The van der Waals surface area contributed by atoms with Crippen molar-refractivity contribution in [2.75, 3.05) is 6.54 Å². The lowest BCUT2D eigenvalue weighted by Gasteiger charge is -2.21. The molecule has 0 aromatic rings. The predicted octanol–water partition coefficient (Wildman–Crippen LogP) is 0.737. The molecule has 1 amide bonds. The lowest BCUT2D eigenvalue weighted by Crippen LogP contribution is -2.40. The Morgan fingerprint density at radius 2 is 1.75 bits per heavy atom. The maximum atomic E-state index is 11.2. The number of alkyl carbamates (subject to hydrolysis) is 1. The number of nitrogens with one attached hydrogen (secondary N) is 1. The zero-order valence-electron chi connectivity index (χ0n) is 10.0. The van der Waals surface area contributed by atoms with Gasteiger partial charge in [0.2, 0.25) is 0 Å². The smallest absolute Gasteiger partial charge is 0.407 e. The minimum atomic E-state index is -1.84. The summed E-state index contributed by atoms with van der Waals surface area (Å²) in [5.41, 5.74) is -2.44. The van der Waals surface area contributed by atoms with Gasteiger partial charge in [0.1, 0.15) is 5.60 Å². The molecular weight excluding hydrogens is 214 g/mol. The van der Waals surface area contributed by atoms with Crippen molar-refractivity contribution in [3.05, 3.63) is 0 Å². The topological polar surface area (TPSA) is 95.9 Å². The normalized spacial score (nSPS) is 15.1. The van der Waals surface area contributed by atoms with Gasteiger partial charge >= 0.3 is 12.1 Å². The van der Waals surface area contributed by atoms with E-state index in [4.69, 9.17) is 9.84 Å². The summed E-state index contributed by atoms with van der Waals surface area (Å²) in [6.45, 7) is 6.38. The predicted molar refractivity (Wildman–Crippen MR) is 57.1 cm³/mol. The van der Waals surface area contributed by atoms with Crippen molar-refractivity contribution in [1.82, 2.24) is 5.32 Å². The zero-order valence-corrected chi connectivity index (χ0v) is 10.0. The average Bonchev–Trinajstić information content (AvgIpc) is 1.99. The van der Waals surface area contributed by atoms with E-state index in [0.29, 0.717) is 0 Å². The van der Waals surface area contributed by atoms with Gasteiger partial charge in [-0.2, -0.15) is 0 Å². The fourth-order valence-corrected chi connectivity index (χ4v) is 0.829. The van der Waals surface area contributed by atoms with Crippen LogP contribution in [-0.2, 0) is 9.53 Å². The summed E-state index contributed by atoms with van der Waals surface area (Å²) in [5, 5.41) is 20.3. The minimum Gasteiger partial charge on any atom is -0.479 e. The molecule has 94 valence electrons. The average molecular weight is 233 g/mol. The second-order valence-corrected chi connectivity index (χ2v) is 4.76. The number of carboxylic acids is 1. The highest BCUT2D eigenvalue weighted by molar-refractivity contribution is 5.76. The van der Waals surface area contributed by atoms with Gasteiger partial charge < -0.3 is 20.3 Å². The van der Waals surface area contributed by atoms with Crippen molar-refractivity contribution in [1.29, 1.82) is 0 Å². The number of carbonyl (C=O) groups is 2. The monoisotopic (exact) mass is 233 g/mol. The number of rotatable bonds is 4. The molecule has 0 heterocycles. The number of aliphatic hydroxyl groups is 1. The highest BCUT2D eigenvalue weighted by atomic mass is 16.6. The maximum Gasteiger partial charge on any atom is 0.407 e. The van der Waals surface area contributed by atoms with Crippen LogP contribution in [0.5, 0.6) is 0 Å². The molecule has 0 aromatic heterocycles. The number of carboxylic acid groups (broad SMARTS) is 1. The van der Waals surface area contributed by atoms with Crippen LogP contribution in [0.15, 0.2) is 0 Å². The summed E-state index contributed by atoms with van der Waals surface area (Å²) in [6, 6.07) is 0. The van der Waals surface area contributed by atoms with Crippen molar-refractivity contribution < 1.29 is 24.5 Å². The number of hydrogen-bond acceptors (Lipinski definition) is 4. The number of hydrogen-bond donors (Lipinski definition) is 3. The molecule has 6 heteroatoms. The van der Waals surface area contributed by atoms with E-state index in [9.17, 15) is 14.7 Å². The first-order valence-electron chi connectivity index (χ1n) is 4.97. The van der Waals surface area contributed by atoms with Gasteiger partial charge in [-0.05, 0) is 27.7 Å². The Kier molecular flexibility index (Phi) is 4.74. The van der Waals surface area contributed by atoms with E-state index in [0.717, 1.165) is 0 Å². The van der Waals surface area contributed by atoms with E-state index < -0.39 is 23.3 Å². The lowest BCUT2D eigenvalue weighted by molar-refractivity contribution is -0.157. The summed E-state index contributed by atoms with van der Waals surface area (Å²) in [5.74, 6) is -1.32. The van der Waals surface area contributed by atoms with Crippen LogP contribution >= 0.6 is 0 Å². The quantitative estimate of drug-likeness (QED) is 0.665. The molecule has 0 aromatic carbocycles. The number of aliphatic carboxylic acids is 1. The summed E-state index contributed by atoms with van der Waals surface area (Å²) in [4.78, 5) is 21.7. The van der Waals surface area contributed by atoms with Crippen LogP contribution in [-0.4, -0.2) is 40.0 Å². The van der Waals surface area contributed by atoms with Gasteiger partial charge in [0.25, 0.3) is 0 Å². The van der Waals surface area contributed by atoms with E-state index in [1.54, 1.807) is 20.8 Å². The first kappa shape index (κ1) is 14.7. The van der Waals surface area contributed by atoms with E-state index >= 15 is 0 Å². The van der Waals surface area contributed by atoms with E-state index in [-0.39, 0.29) is 13.0 Å². The Labute approximate surface area is 94.6 Å². The Morgan fingerprint density at radius 1 is 1.25 bits per heavy atom. The molecule has 0 aliphatic carbocycles. The molecule has 16 heavy (non-hydrogen) atoms. The summed E-state index contributed by atoms with van der Waals surface area (Å²) >= 11 is 0. The second-order valence-electron chi connectivity index (χ2n) is 4.76. The molecule has 0 saturated heterocycles. The molecule has 0 bridgehead atoms. The Balaban J connectivity index is 3.92. The Hall–Kier alpha value is -1.30. The molecule has 0 aliphatic heterocycles. The van der Waals surface area contributed by atoms with Crippen molar-refractivity contribution in [3.8, 4) is 0 Å².